The SMILES string of the molecule is Clc1cccc(NCCc2ncc[nH]2)n1. The zero-order chi connectivity index (χ0) is 10.5. The lowest BCUT2D eigenvalue weighted by Gasteiger charge is -2.03. The smallest absolute Gasteiger partial charge is 0.131 e. The normalized spacial score (nSPS) is 10.2. The van der Waals surface area contributed by atoms with Crippen LogP contribution < -0.4 is 5.32 Å². The van der Waals surface area contributed by atoms with Gasteiger partial charge in [-0.25, -0.2) is 9.97 Å². The summed E-state index contributed by atoms with van der Waals surface area (Å²) in [6, 6.07) is 5.50. The average Bonchev–Trinajstić information content (AvgIpc) is 2.71. The van der Waals surface area contributed by atoms with Crippen molar-refractivity contribution in [3.05, 3.63) is 41.6 Å². The highest BCUT2D eigenvalue weighted by Gasteiger charge is 1.96. The van der Waals surface area contributed by atoms with Gasteiger partial charge in [0.05, 0.1) is 0 Å². The van der Waals surface area contributed by atoms with Crippen LogP contribution in [0.15, 0.2) is 30.6 Å². The lowest BCUT2D eigenvalue weighted by Crippen LogP contribution is -2.07. The summed E-state index contributed by atoms with van der Waals surface area (Å²) in [6.45, 7) is 0.779. The van der Waals surface area contributed by atoms with E-state index in [1.165, 1.54) is 0 Å². The predicted molar refractivity (Wildman–Crippen MR) is 60.0 cm³/mol. The molecule has 2 rings (SSSR count). The lowest BCUT2D eigenvalue weighted by molar-refractivity contribution is 0.922. The number of imidazole rings is 1. The Bertz CT molecular complexity index is 413. The molecule has 0 aliphatic rings. The molecule has 0 radical (unpaired) electrons. The number of aromatic amines is 1. The van der Waals surface area contributed by atoms with Crippen molar-refractivity contribution in [3.63, 3.8) is 0 Å². The van der Waals surface area contributed by atoms with Crippen LogP contribution in [0.5, 0.6) is 0 Å². The monoisotopic (exact) mass is 222 g/mol. The van der Waals surface area contributed by atoms with Crippen molar-refractivity contribution in [2.24, 2.45) is 0 Å². The Morgan fingerprint density at radius 3 is 3.07 bits per heavy atom. The van der Waals surface area contributed by atoms with Crippen molar-refractivity contribution in [2.75, 3.05) is 11.9 Å². The van der Waals surface area contributed by atoms with E-state index in [4.69, 9.17) is 11.6 Å². The first-order valence-corrected chi connectivity index (χ1v) is 5.07. The lowest BCUT2D eigenvalue weighted by atomic mass is 10.4. The summed E-state index contributed by atoms with van der Waals surface area (Å²) in [7, 11) is 0. The predicted octanol–water partition coefficient (Wildman–Crippen LogP) is 2.11. The van der Waals surface area contributed by atoms with Crippen molar-refractivity contribution in [1.29, 1.82) is 0 Å². The number of nitrogens with zero attached hydrogens (tertiary/aromatic N) is 2. The Balaban J connectivity index is 1.83. The first kappa shape index (κ1) is 9.98. The van der Waals surface area contributed by atoms with Crippen LogP contribution in [0.25, 0.3) is 0 Å². The van der Waals surface area contributed by atoms with E-state index in [0.717, 1.165) is 24.6 Å². The molecule has 4 nitrogen and oxygen atoms in total. The molecule has 15 heavy (non-hydrogen) atoms. The minimum absolute atomic E-state index is 0.498. The fourth-order valence-electron chi connectivity index (χ4n) is 1.25. The number of nitrogens with one attached hydrogen (secondary N) is 2. The maximum Gasteiger partial charge on any atom is 0.131 e. The number of pyridine rings is 1. The molecule has 0 bridgehead atoms. The molecule has 0 aromatic carbocycles. The van der Waals surface area contributed by atoms with Crippen LogP contribution in [0.3, 0.4) is 0 Å². The third-order valence-corrected chi connectivity index (χ3v) is 2.15. The fourth-order valence-corrected chi connectivity index (χ4v) is 1.41. The maximum atomic E-state index is 5.75. The average molecular weight is 223 g/mol. The van der Waals surface area contributed by atoms with E-state index in [2.05, 4.69) is 20.3 Å². The second-order valence-electron chi connectivity index (χ2n) is 3.06. The molecule has 0 spiro atoms. The summed E-state index contributed by atoms with van der Waals surface area (Å²) in [5.41, 5.74) is 0. The van der Waals surface area contributed by atoms with E-state index in [9.17, 15) is 0 Å². The number of hydrogen-bond donors (Lipinski definition) is 2. The Morgan fingerprint density at radius 1 is 1.40 bits per heavy atom. The molecule has 0 amide bonds. The minimum Gasteiger partial charge on any atom is -0.370 e. The second-order valence-corrected chi connectivity index (χ2v) is 3.45. The molecule has 2 aromatic rings. The van der Waals surface area contributed by atoms with Crippen molar-refractivity contribution >= 4 is 17.4 Å². The van der Waals surface area contributed by atoms with E-state index < -0.39 is 0 Å². The van der Waals surface area contributed by atoms with Gasteiger partial charge in [0.2, 0.25) is 0 Å². The summed E-state index contributed by atoms with van der Waals surface area (Å²) >= 11 is 5.75. The summed E-state index contributed by atoms with van der Waals surface area (Å²) in [5, 5.41) is 3.67. The van der Waals surface area contributed by atoms with Crippen molar-refractivity contribution in [1.82, 2.24) is 15.0 Å². The summed E-state index contributed by atoms with van der Waals surface area (Å²) in [6.07, 6.45) is 4.39. The van der Waals surface area contributed by atoms with Gasteiger partial charge < -0.3 is 10.3 Å². The molecular weight excluding hydrogens is 212 g/mol. The van der Waals surface area contributed by atoms with Gasteiger partial charge in [0.15, 0.2) is 0 Å². The Kier molecular flexibility index (Phi) is 3.19. The van der Waals surface area contributed by atoms with Crippen LogP contribution in [0.4, 0.5) is 5.82 Å². The molecule has 0 aliphatic heterocycles. The van der Waals surface area contributed by atoms with E-state index in [1.807, 2.05) is 18.3 Å². The minimum atomic E-state index is 0.498. The van der Waals surface area contributed by atoms with Gasteiger partial charge >= 0.3 is 0 Å². The molecule has 0 atom stereocenters. The summed E-state index contributed by atoms with van der Waals surface area (Å²) < 4.78 is 0. The van der Waals surface area contributed by atoms with Crippen LogP contribution in [-0.4, -0.2) is 21.5 Å². The number of aromatic nitrogens is 3. The Labute approximate surface area is 92.7 Å². The Hall–Kier alpha value is -1.55. The second kappa shape index (κ2) is 4.79. The highest BCUT2D eigenvalue weighted by atomic mass is 35.5. The first-order chi connectivity index (χ1) is 7.34. The Morgan fingerprint density at radius 2 is 2.33 bits per heavy atom. The van der Waals surface area contributed by atoms with Gasteiger partial charge in [-0.1, -0.05) is 17.7 Å². The van der Waals surface area contributed by atoms with Gasteiger partial charge in [0, 0.05) is 25.4 Å². The number of hydrogen-bond acceptors (Lipinski definition) is 3. The van der Waals surface area contributed by atoms with Gasteiger partial charge in [-0.3, -0.25) is 0 Å². The summed E-state index contributed by atoms with van der Waals surface area (Å²) in [4.78, 5) is 11.3. The largest absolute Gasteiger partial charge is 0.370 e. The van der Waals surface area contributed by atoms with Gasteiger partial charge in [-0.15, -0.1) is 0 Å². The molecule has 78 valence electrons. The van der Waals surface area contributed by atoms with Gasteiger partial charge in [-0.2, -0.15) is 0 Å². The molecule has 0 aliphatic carbocycles. The van der Waals surface area contributed by atoms with E-state index >= 15 is 0 Å². The number of anilines is 1. The molecule has 0 fully saturated rings. The van der Waals surface area contributed by atoms with Gasteiger partial charge in [0.25, 0.3) is 0 Å². The molecule has 0 saturated heterocycles. The van der Waals surface area contributed by atoms with Crippen LogP contribution >= 0.6 is 11.6 Å². The number of H-pyrrole nitrogens is 1. The molecule has 2 N–H and O–H groups in total. The van der Waals surface area contributed by atoms with Gasteiger partial charge in [-0.05, 0) is 12.1 Å². The maximum absolute atomic E-state index is 5.75. The molecular formula is C10H11ClN4. The van der Waals surface area contributed by atoms with Crippen LogP contribution in [-0.2, 0) is 6.42 Å². The summed E-state index contributed by atoms with van der Waals surface area (Å²) in [5.74, 6) is 1.75. The zero-order valence-electron chi connectivity index (χ0n) is 8.07. The third kappa shape index (κ3) is 2.95. The molecule has 5 heteroatoms. The van der Waals surface area contributed by atoms with E-state index in [0.29, 0.717) is 5.15 Å². The van der Waals surface area contributed by atoms with Crippen LogP contribution in [0, 0.1) is 0 Å². The third-order valence-electron chi connectivity index (χ3n) is 1.94. The zero-order valence-corrected chi connectivity index (χ0v) is 8.83. The topological polar surface area (TPSA) is 53.6 Å². The van der Waals surface area contributed by atoms with Gasteiger partial charge in [0.1, 0.15) is 16.8 Å². The molecule has 0 saturated carbocycles. The molecule has 2 heterocycles. The number of halogens is 1. The highest BCUT2D eigenvalue weighted by Crippen LogP contribution is 2.08. The fraction of sp³-hybridized carbons (Fsp3) is 0.200. The molecule has 0 unspecified atom stereocenters. The van der Waals surface area contributed by atoms with Crippen molar-refractivity contribution in [3.8, 4) is 0 Å². The first-order valence-electron chi connectivity index (χ1n) is 4.69. The van der Waals surface area contributed by atoms with Crippen molar-refractivity contribution in [2.45, 2.75) is 6.42 Å². The van der Waals surface area contributed by atoms with E-state index in [1.54, 1.807) is 12.3 Å². The quantitative estimate of drug-likeness (QED) is 0.780. The molecule has 2 aromatic heterocycles. The number of rotatable bonds is 4. The van der Waals surface area contributed by atoms with Crippen molar-refractivity contribution < 1.29 is 0 Å². The highest BCUT2D eigenvalue weighted by molar-refractivity contribution is 6.29. The van der Waals surface area contributed by atoms with Crippen LogP contribution in [0.1, 0.15) is 5.82 Å². The van der Waals surface area contributed by atoms with Crippen LogP contribution in [0.2, 0.25) is 5.15 Å². The van der Waals surface area contributed by atoms with E-state index in [-0.39, 0.29) is 0 Å². The standard InChI is InChI=1S/C10H11ClN4/c11-8-2-1-3-10(15-8)12-5-4-9-13-6-7-14-9/h1-3,6-7H,4-5H2,(H,12,15)(H,13,14).